The largest absolute Gasteiger partial charge is 0.476 e. The second kappa shape index (κ2) is 7.20. The average molecular weight is 391 g/mol. The van der Waals surface area contributed by atoms with Crippen LogP contribution < -0.4 is 10.1 Å². The first kappa shape index (κ1) is 17.6. The van der Waals surface area contributed by atoms with Crippen molar-refractivity contribution in [3.63, 3.8) is 0 Å². The standard InChI is InChI=1S/C16H21BrClNO3/c1-10(13-5-4-8-21-13)19-15(20)16(2,3)22-14-7-6-11(17)9-12(14)18/h6-7,9-10,13H,4-5,8H2,1-3H3,(H,19,20)/t10-,13-/m1/s1. The van der Waals surface area contributed by atoms with Crippen LogP contribution in [0.25, 0.3) is 0 Å². The molecule has 0 bridgehead atoms. The van der Waals surface area contributed by atoms with Crippen LogP contribution >= 0.6 is 27.5 Å². The number of rotatable bonds is 5. The van der Waals surface area contributed by atoms with Crippen LogP contribution in [0.2, 0.25) is 5.02 Å². The predicted octanol–water partition coefficient (Wildman–Crippen LogP) is 3.94. The highest BCUT2D eigenvalue weighted by Crippen LogP contribution is 2.30. The first-order valence-corrected chi connectivity index (χ1v) is 8.53. The smallest absolute Gasteiger partial charge is 0.263 e. The lowest BCUT2D eigenvalue weighted by atomic mass is 10.1. The van der Waals surface area contributed by atoms with Crippen molar-refractivity contribution in [1.29, 1.82) is 0 Å². The molecule has 1 aliphatic rings. The molecule has 122 valence electrons. The van der Waals surface area contributed by atoms with Gasteiger partial charge >= 0.3 is 0 Å². The number of hydrogen-bond donors (Lipinski definition) is 1. The van der Waals surface area contributed by atoms with Crippen molar-refractivity contribution >= 4 is 33.4 Å². The predicted molar refractivity (Wildman–Crippen MR) is 90.4 cm³/mol. The van der Waals surface area contributed by atoms with Gasteiger partial charge < -0.3 is 14.8 Å². The van der Waals surface area contributed by atoms with Gasteiger partial charge in [-0.05, 0) is 51.8 Å². The summed E-state index contributed by atoms with van der Waals surface area (Å²) in [7, 11) is 0. The number of amides is 1. The van der Waals surface area contributed by atoms with E-state index < -0.39 is 5.60 Å². The summed E-state index contributed by atoms with van der Waals surface area (Å²) in [4.78, 5) is 12.5. The van der Waals surface area contributed by atoms with Gasteiger partial charge in [0, 0.05) is 11.1 Å². The van der Waals surface area contributed by atoms with Crippen LogP contribution in [0.4, 0.5) is 0 Å². The van der Waals surface area contributed by atoms with Gasteiger partial charge in [-0.1, -0.05) is 27.5 Å². The van der Waals surface area contributed by atoms with Gasteiger partial charge in [0.05, 0.1) is 17.2 Å². The Bertz CT molecular complexity index is 544. The molecular formula is C16H21BrClNO3. The molecule has 1 aliphatic heterocycles. The van der Waals surface area contributed by atoms with Crippen LogP contribution in [0.3, 0.4) is 0 Å². The molecule has 22 heavy (non-hydrogen) atoms. The third-order valence-electron chi connectivity index (χ3n) is 3.69. The van der Waals surface area contributed by atoms with E-state index >= 15 is 0 Å². The lowest BCUT2D eigenvalue weighted by Gasteiger charge is -2.29. The van der Waals surface area contributed by atoms with E-state index in [1.807, 2.05) is 13.0 Å². The number of nitrogens with one attached hydrogen (secondary N) is 1. The molecule has 4 nitrogen and oxygen atoms in total. The first-order chi connectivity index (χ1) is 10.3. The summed E-state index contributed by atoms with van der Waals surface area (Å²) >= 11 is 9.48. The van der Waals surface area contributed by atoms with Crippen LogP contribution in [-0.4, -0.2) is 30.3 Å². The molecular weight excluding hydrogens is 370 g/mol. The van der Waals surface area contributed by atoms with Crippen molar-refractivity contribution in [3.8, 4) is 5.75 Å². The van der Waals surface area contributed by atoms with Crippen molar-refractivity contribution in [1.82, 2.24) is 5.32 Å². The Morgan fingerprint density at radius 1 is 1.55 bits per heavy atom. The molecule has 1 saturated heterocycles. The van der Waals surface area contributed by atoms with E-state index in [4.69, 9.17) is 21.1 Å². The first-order valence-electron chi connectivity index (χ1n) is 7.36. The molecule has 0 aromatic heterocycles. The minimum Gasteiger partial charge on any atom is -0.476 e. The average Bonchev–Trinajstić information content (AvgIpc) is 2.96. The highest BCUT2D eigenvalue weighted by molar-refractivity contribution is 9.10. The van der Waals surface area contributed by atoms with Gasteiger partial charge in [0.15, 0.2) is 5.60 Å². The molecule has 1 N–H and O–H groups in total. The van der Waals surface area contributed by atoms with E-state index in [2.05, 4.69) is 21.2 Å². The zero-order valence-corrected chi connectivity index (χ0v) is 15.3. The van der Waals surface area contributed by atoms with E-state index in [0.717, 1.165) is 23.9 Å². The number of carbonyl (C=O) groups is 1. The van der Waals surface area contributed by atoms with Crippen molar-refractivity contribution in [2.45, 2.75) is 51.4 Å². The van der Waals surface area contributed by atoms with E-state index in [-0.39, 0.29) is 18.1 Å². The van der Waals surface area contributed by atoms with Crippen LogP contribution in [0.15, 0.2) is 22.7 Å². The Kier molecular flexibility index (Phi) is 5.75. The molecule has 2 atom stereocenters. The van der Waals surface area contributed by atoms with Crippen LogP contribution in [0, 0.1) is 0 Å². The lowest BCUT2D eigenvalue weighted by molar-refractivity contribution is -0.135. The number of benzene rings is 1. The molecule has 2 rings (SSSR count). The van der Waals surface area contributed by atoms with Gasteiger partial charge in [-0.2, -0.15) is 0 Å². The number of halogens is 2. The second-order valence-electron chi connectivity index (χ2n) is 6.00. The van der Waals surface area contributed by atoms with Crippen molar-refractivity contribution in [3.05, 3.63) is 27.7 Å². The maximum absolute atomic E-state index is 12.5. The third-order valence-corrected chi connectivity index (χ3v) is 4.48. The van der Waals surface area contributed by atoms with Crippen LogP contribution in [0.1, 0.15) is 33.6 Å². The summed E-state index contributed by atoms with van der Waals surface area (Å²) < 4.78 is 12.3. The lowest BCUT2D eigenvalue weighted by Crippen LogP contribution is -2.52. The molecule has 0 radical (unpaired) electrons. The van der Waals surface area contributed by atoms with E-state index in [0.29, 0.717) is 10.8 Å². The number of ether oxygens (including phenoxy) is 2. The summed E-state index contributed by atoms with van der Waals surface area (Å²) in [5, 5.41) is 3.43. The topological polar surface area (TPSA) is 47.6 Å². The van der Waals surface area contributed by atoms with Crippen molar-refractivity contribution < 1.29 is 14.3 Å². The van der Waals surface area contributed by atoms with Gasteiger partial charge in [0.2, 0.25) is 0 Å². The summed E-state index contributed by atoms with van der Waals surface area (Å²) in [6.45, 7) is 6.17. The molecule has 6 heteroatoms. The van der Waals surface area contributed by atoms with Gasteiger partial charge in [-0.3, -0.25) is 4.79 Å². The molecule has 1 aromatic carbocycles. The van der Waals surface area contributed by atoms with Crippen molar-refractivity contribution in [2.75, 3.05) is 6.61 Å². The number of carbonyl (C=O) groups excluding carboxylic acids is 1. The SMILES string of the molecule is C[C@@H](NC(=O)C(C)(C)Oc1ccc(Br)cc1Cl)[C@H]1CCCO1. The summed E-state index contributed by atoms with van der Waals surface area (Å²) in [5.74, 6) is 0.296. The zero-order valence-electron chi connectivity index (χ0n) is 13.0. The molecule has 1 heterocycles. The summed E-state index contributed by atoms with van der Waals surface area (Å²) in [5.41, 5.74) is -1.02. The highest BCUT2D eigenvalue weighted by atomic mass is 79.9. The Morgan fingerprint density at radius 2 is 2.27 bits per heavy atom. The maximum atomic E-state index is 12.5. The fourth-order valence-corrected chi connectivity index (χ4v) is 3.06. The molecule has 0 spiro atoms. The molecule has 0 saturated carbocycles. The van der Waals surface area contributed by atoms with Gasteiger partial charge in [0.1, 0.15) is 5.75 Å². The number of hydrogen-bond acceptors (Lipinski definition) is 3. The zero-order chi connectivity index (χ0) is 16.3. The fraction of sp³-hybridized carbons (Fsp3) is 0.562. The maximum Gasteiger partial charge on any atom is 0.263 e. The fourth-order valence-electron chi connectivity index (χ4n) is 2.35. The Hall–Kier alpha value is -0.780. The Balaban J connectivity index is 2.00. The minimum atomic E-state index is -1.02. The Morgan fingerprint density at radius 3 is 2.86 bits per heavy atom. The molecule has 0 aliphatic carbocycles. The quantitative estimate of drug-likeness (QED) is 0.828. The van der Waals surface area contributed by atoms with Crippen molar-refractivity contribution in [2.24, 2.45) is 0 Å². The summed E-state index contributed by atoms with van der Waals surface area (Å²) in [6.07, 6.45) is 2.09. The molecule has 1 amide bonds. The Labute approximate surface area is 144 Å². The van der Waals surface area contributed by atoms with E-state index in [9.17, 15) is 4.79 Å². The molecule has 1 aromatic rings. The molecule has 1 fully saturated rings. The van der Waals surface area contributed by atoms with Gasteiger partial charge in [-0.25, -0.2) is 0 Å². The van der Waals surface area contributed by atoms with Crippen LogP contribution in [0.5, 0.6) is 5.75 Å². The normalized spacial score (nSPS) is 19.8. The third kappa shape index (κ3) is 4.37. The minimum absolute atomic E-state index is 0.0433. The van der Waals surface area contributed by atoms with E-state index in [1.54, 1.807) is 26.0 Å². The monoisotopic (exact) mass is 389 g/mol. The summed E-state index contributed by atoms with van der Waals surface area (Å²) in [6, 6.07) is 5.26. The molecule has 0 unspecified atom stereocenters. The van der Waals surface area contributed by atoms with Gasteiger partial charge in [0.25, 0.3) is 5.91 Å². The van der Waals surface area contributed by atoms with E-state index in [1.165, 1.54) is 0 Å². The second-order valence-corrected chi connectivity index (χ2v) is 7.32. The van der Waals surface area contributed by atoms with Crippen LogP contribution in [-0.2, 0) is 9.53 Å². The highest BCUT2D eigenvalue weighted by Gasteiger charge is 2.33. The van der Waals surface area contributed by atoms with Gasteiger partial charge in [-0.15, -0.1) is 0 Å².